The van der Waals surface area contributed by atoms with Gasteiger partial charge in [0.1, 0.15) is 5.75 Å². The number of methoxy groups -OCH3 is 1. The van der Waals surface area contributed by atoms with E-state index in [2.05, 4.69) is 15.9 Å². The van der Waals surface area contributed by atoms with Crippen LogP contribution < -0.4 is 4.74 Å². The zero-order valence-electron chi connectivity index (χ0n) is 9.91. The minimum absolute atomic E-state index is 0.231. The van der Waals surface area contributed by atoms with Gasteiger partial charge in [0.05, 0.1) is 17.7 Å². The first kappa shape index (κ1) is 14.4. The Morgan fingerprint density at radius 2 is 1.84 bits per heavy atom. The predicted octanol–water partition coefficient (Wildman–Crippen LogP) is 5.00. The molecule has 98 valence electrons. The number of ketones is 1. The Morgan fingerprint density at radius 1 is 1.11 bits per heavy atom. The number of hydrogen-bond acceptors (Lipinski definition) is 2. The van der Waals surface area contributed by atoms with E-state index in [4.69, 9.17) is 27.9 Å². The molecule has 19 heavy (non-hydrogen) atoms. The van der Waals surface area contributed by atoms with Gasteiger partial charge in [-0.15, -0.1) is 0 Å². The molecule has 0 aromatic heterocycles. The highest BCUT2D eigenvalue weighted by Gasteiger charge is 2.18. The molecule has 2 aromatic rings. The average molecular weight is 360 g/mol. The molecule has 0 radical (unpaired) electrons. The minimum atomic E-state index is -0.231. The SMILES string of the molecule is COc1ccc(Br)cc1C(=O)c1cc(Cl)ccc1Cl. The summed E-state index contributed by atoms with van der Waals surface area (Å²) in [6, 6.07) is 10.00. The van der Waals surface area contributed by atoms with E-state index < -0.39 is 0 Å². The lowest BCUT2D eigenvalue weighted by Crippen LogP contribution is -2.05. The van der Waals surface area contributed by atoms with Crippen LogP contribution in [0.15, 0.2) is 40.9 Å². The van der Waals surface area contributed by atoms with E-state index in [1.54, 1.807) is 36.4 Å². The van der Waals surface area contributed by atoms with Crippen LogP contribution in [0.3, 0.4) is 0 Å². The average Bonchev–Trinajstić information content (AvgIpc) is 2.40. The normalized spacial score (nSPS) is 10.3. The Morgan fingerprint density at radius 3 is 2.53 bits per heavy atom. The Hall–Kier alpha value is -1.03. The second-order valence-corrected chi connectivity index (χ2v) is 5.56. The number of carbonyl (C=O) groups is 1. The van der Waals surface area contributed by atoms with Crippen molar-refractivity contribution in [2.24, 2.45) is 0 Å². The van der Waals surface area contributed by atoms with Crippen LogP contribution in [0.1, 0.15) is 15.9 Å². The van der Waals surface area contributed by atoms with Crippen molar-refractivity contribution in [2.45, 2.75) is 0 Å². The zero-order valence-corrected chi connectivity index (χ0v) is 13.0. The maximum Gasteiger partial charge on any atom is 0.198 e. The number of ether oxygens (including phenoxy) is 1. The van der Waals surface area contributed by atoms with Crippen molar-refractivity contribution >= 4 is 44.9 Å². The summed E-state index contributed by atoms with van der Waals surface area (Å²) >= 11 is 15.3. The molecule has 0 heterocycles. The second kappa shape index (κ2) is 5.95. The van der Waals surface area contributed by atoms with Gasteiger partial charge in [-0.1, -0.05) is 39.1 Å². The van der Waals surface area contributed by atoms with Crippen molar-refractivity contribution in [3.63, 3.8) is 0 Å². The monoisotopic (exact) mass is 358 g/mol. The first-order valence-corrected chi connectivity index (χ1v) is 6.91. The Labute approximate surface area is 129 Å². The quantitative estimate of drug-likeness (QED) is 0.721. The van der Waals surface area contributed by atoms with E-state index in [0.717, 1.165) is 4.47 Å². The topological polar surface area (TPSA) is 26.3 Å². The molecule has 0 spiro atoms. The summed E-state index contributed by atoms with van der Waals surface area (Å²) in [7, 11) is 1.51. The maximum atomic E-state index is 12.5. The van der Waals surface area contributed by atoms with Gasteiger partial charge in [-0.25, -0.2) is 0 Å². The third-order valence-corrected chi connectivity index (χ3v) is 3.64. The van der Waals surface area contributed by atoms with Gasteiger partial charge in [0, 0.05) is 15.1 Å². The number of benzene rings is 2. The van der Waals surface area contributed by atoms with Crippen LogP contribution in [0.5, 0.6) is 5.75 Å². The van der Waals surface area contributed by atoms with Crippen molar-refractivity contribution < 1.29 is 9.53 Å². The van der Waals surface area contributed by atoms with Crippen molar-refractivity contribution in [2.75, 3.05) is 7.11 Å². The first-order chi connectivity index (χ1) is 9.02. The molecule has 0 fully saturated rings. The van der Waals surface area contributed by atoms with Gasteiger partial charge in [0.15, 0.2) is 5.78 Å². The lowest BCUT2D eigenvalue weighted by molar-refractivity contribution is 0.103. The van der Waals surface area contributed by atoms with E-state index in [9.17, 15) is 4.79 Å². The Balaban J connectivity index is 2.55. The summed E-state index contributed by atoms with van der Waals surface area (Å²) in [5.41, 5.74) is 0.784. The molecule has 5 heteroatoms. The summed E-state index contributed by atoms with van der Waals surface area (Å²) in [5, 5.41) is 0.818. The molecule has 0 bridgehead atoms. The highest BCUT2D eigenvalue weighted by Crippen LogP contribution is 2.29. The number of rotatable bonds is 3. The lowest BCUT2D eigenvalue weighted by Gasteiger charge is -2.09. The molecule has 0 atom stereocenters. The molecule has 0 N–H and O–H groups in total. The van der Waals surface area contributed by atoms with E-state index in [1.807, 2.05) is 0 Å². The molecule has 2 rings (SSSR count). The fraction of sp³-hybridized carbons (Fsp3) is 0.0714. The molecule has 0 saturated heterocycles. The molecule has 0 aliphatic heterocycles. The third kappa shape index (κ3) is 3.11. The molecule has 0 saturated carbocycles. The summed E-state index contributed by atoms with van der Waals surface area (Å²) in [5.74, 6) is 0.259. The molecular weight excluding hydrogens is 351 g/mol. The minimum Gasteiger partial charge on any atom is -0.496 e. The number of hydrogen-bond donors (Lipinski definition) is 0. The number of carbonyl (C=O) groups excluding carboxylic acids is 1. The predicted molar refractivity (Wildman–Crippen MR) is 80.6 cm³/mol. The van der Waals surface area contributed by atoms with Gasteiger partial charge in [0.2, 0.25) is 0 Å². The van der Waals surface area contributed by atoms with Crippen molar-refractivity contribution in [1.29, 1.82) is 0 Å². The zero-order chi connectivity index (χ0) is 14.0. The smallest absolute Gasteiger partial charge is 0.198 e. The van der Waals surface area contributed by atoms with E-state index in [0.29, 0.717) is 26.9 Å². The Kier molecular flexibility index (Phi) is 4.50. The fourth-order valence-electron chi connectivity index (χ4n) is 1.67. The van der Waals surface area contributed by atoms with Crippen LogP contribution in [-0.2, 0) is 0 Å². The van der Waals surface area contributed by atoms with Crippen molar-refractivity contribution in [3.8, 4) is 5.75 Å². The van der Waals surface area contributed by atoms with E-state index in [-0.39, 0.29) is 5.78 Å². The van der Waals surface area contributed by atoms with Gasteiger partial charge in [0.25, 0.3) is 0 Å². The van der Waals surface area contributed by atoms with Crippen LogP contribution in [0, 0.1) is 0 Å². The molecule has 2 aromatic carbocycles. The van der Waals surface area contributed by atoms with Crippen LogP contribution in [0.2, 0.25) is 10.0 Å². The summed E-state index contributed by atoms with van der Waals surface area (Å²) < 4.78 is 5.98. The lowest BCUT2D eigenvalue weighted by atomic mass is 10.0. The molecule has 0 unspecified atom stereocenters. The van der Waals surface area contributed by atoms with Crippen LogP contribution in [-0.4, -0.2) is 12.9 Å². The van der Waals surface area contributed by atoms with Crippen LogP contribution >= 0.6 is 39.1 Å². The van der Waals surface area contributed by atoms with Gasteiger partial charge in [-0.2, -0.15) is 0 Å². The first-order valence-electron chi connectivity index (χ1n) is 5.36. The summed E-state index contributed by atoms with van der Waals surface area (Å²) in [6.45, 7) is 0. The van der Waals surface area contributed by atoms with E-state index >= 15 is 0 Å². The summed E-state index contributed by atoms with van der Waals surface area (Å²) in [6.07, 6.45) is 0. The highest BCUT2D eigenvalue weighted by atomic mass is 79.9. The molecular formula is C14H9BrCl2O2. The van der Waals surface area contributed by atoms with Gasteiger partial charge in [-0.3, -0.25) is 4.79 Å². The Bertz CT molecular complexity index is 641. The number of halogens is 3. The summed E-state index contributed by atoms with van der Waals surface area (Å²) in [4.78, 5) is 12.5. The van der Waals surface area contributed by atoms with Gasteiger partial charge >= 0.3 is 0 Å². The highest BCUT2D eigenvalue weighted by molar-refractivity contribution is 9.10. The van der Waals surface area contributed by atoms with Crippen LogP contribution in [0.4, 0.5) is 0 Å². The molecule has 2 nitrogen and oxygen atoms in total. The largest absolute Gasteiger partial charge is 0.496 e. The van der Waals surface area contributed by atoms with Crippen molar-refractivity contribution in [1.82, 2.24) is 0 Å². The van der Waals surface area contributed by atoms with E-state index in [1.165, 1.54) is 7.11 Å². The molecule has 0 aliphatic carbocycles. The molecule has 0 amide bonds. The molecule has 0 aliphatic rings. The maximum absolute atomic E-state index is 12.5. The fourth-order valence-corrected chi connectivity index (χ4v) is 2.41. The van der Waals surface area contributed by atoms with Crippen LogP contribution in [0.25, 0.3) is 0 Å². The third-order valence-electron chi connectivity index (χ3n) is 2.58. The van der Waals surface area contributed by atoms with Crippen molar-refractivity contribution in [3.05, 3.63) is 62.0 Å². The van der Waals surface area contributed by atoms with Gasteiger partial charge < -0.3 is 4.74 Å². The standard InChI is InChI=1S/C14H9BrCl2O2/c1-19-13-5-2-8(15)6-11(13)14(18)10-7-9(16)3-4-12(10)17/h2-7H,1H3. The van der Waals surface area contributed by atoms with Gasteiger partial charge in [-0.05, 0) is 36.4 Å². The second-order valence-electron chi connectivity index (χ2n) is 3.80.